The van der Waals surface area contributed by atoms with Crippen molar-refractivity contribution in [3.8, 4) is 5.75 Å². The molecule has 19 heavy (non-hydrogen) atoms. The molecule has 0 spiro atoms. The minimum atomic E-state index is -0.414. The first-order chi connectivity index (χ1) is 9.29. The lowest BCUT2D eigenvalue weighted by Crippen LogP contribution is -2.32. The SMILES string of the molecule is COc1ccc2c(c1)NC[C@@H](O)[C@@H]2c1ccccc1. The third-order valence-electron chi connectivity index (χ3n) is 3.64. The monoisotopic (exact) mass is 255 g/mol. The van der Waals surface area contributed by atoms with Crippen molar-refractivity contribution in [2.24, 2.45) is 0 Å². The lowest BCUT2D eigenvalue weighted by Gasteiger charge is -2.32. The Bertz CT molecular complexity index is 568. The minimum Gasteiger partial charge on any atom is -0.497 e. The van der Waals surface area contributed by atoms with Crippen molar-refractivity contribution < 1.29 is 9.84 Å². The fourth-order valence-corrected chi connectivity index (χ4v) is 2.69. The van der Waals surface area contributed by atoms with Crippen molar-refractivity contribution in [1.82, 2.24) is 0 Å². The van der Waals surface area contributed by atoms with Gasteiger partial charge in [0.25, 0.3) is 0 Å². The summed E-state index contributed by atoms with van der Waals surface area (Å²) in [7, 11) is 1.66. The molecule has 1 aliphatic rings. The molecule has 1 heterocycles. The highest BCUT2D eigenvalue weighted by Gasteiger charge is 2.29. The van der Waals surface area contributed by atoms with Crippen LogP contribution >= 0.6 is 0 Å². The molecule has 0 radical (unpaired) electrons. The molecule has 98 valence electrons. The zero-order valence-electron chi connectivity index (χ0n) is 10.8. The number of fused-ring (bicyclic) bond motifs is 1. The van der Waals surface area contributed by atoms with E-state index in [2.05, 4.69) is 17.4 Å². The molecule has 2 atom stereocenters. The smallest absolute Gasteiger partial charge is 0.120 e. The Labute approximate surface area is 112 Å². The summed E-state index contributed by atoms with van der Waals surface area (Å²) < 4.78 is 5.25. The van der Waals surface area contributed by atoms with Crippen molar-refractivity contribution in [2.75, 3.05) is 19.0 Å². The number of methoxy groups -OCH3 is 1. The summed E-state index contributed by atoms with van der Waals surface area (Å²) in [5, 5.41) is 13.6. The Kier molecular flexibility index (Phi) is 3.13. The molecule has 0 aromatic heterocycles. The zero-order chi connectivity index (χ0) is 13.2. The van der Waals surface area contributed by atoms with Gasteiger partial charge in [-0.25, -0.2) is 0 Å². The molecular weight excluding hydrogens is 238 g/mol. The van der Waals surface area contributed by atoms with Gasteiger partial charge in [-0.05, 0) is 17.2 Å². The van der Waals surface area contributed by atoms with E-state index >= 15 is 0 Å². The minimum absolute atomic E-state index is 0.0170. The van der Waals surface area contributed by atoms with Gasteiger partial charge < -0.3 is 15.2 Å². The van der Waals surface area contributed by atoms with Crippen molar-refractivity contribution in [3.05, 3.63) is 59.7 Å². The lowest BCUT2D eigenvalue weighted by atomic mass is 9.83. The second-order valence-corrected chi connectivity index (χ2v) is 4.79. The number of nitrogens with one attached hydrogen (secondary N) is 1. The van der Waals surface area contributed by atoms with Crippen LogP contribution in [0.1, 0.15) is 17.0 Å². The highest BCUT2D eigenvalue weighted by atomic mass is 16.5. The van der Waals surface area contributed by atoms with E-state index < -0.39 is 6.10 Å². The normalized spacial score (nSPS) is 21.4. The first-order valence-electron chi connectivity index (χ1n) is 6.44. The molecule has 3 rings (SSSR count). The van der Waals surface area contributed by atoms with Gasteiger partial charge in [0.15, 0.2) is 0 Å². The summed E-state index contributed by atoms with van der Waals surface area (Å²) in [5.41, 5.74) is 3.30. The number of hydrogen-bond donors (Lipinski definition) is 2. The average Bonchev–Trinajstić information content (AvgIpc) is 2.47. The quantitative estimate of drug-likeness (QED) is 0.866. The Morgan fingerprint density at radius 3 is 2.68 bits per heavy atom. The molecule has 0 fully saturated rings. The summed E-state index contributed by atoms with van der Waals surface area (Å²) in [5.74, 6) is 0.845. The number of anilines is 1. The molecule has 0 amide bonds. The summed E-state index contributed by atoms with van der Waals surface area (Å²) in [4.78, 5) is 0. The van der Waals surface area contributed by atoms with Crippen LogP contribution in [-0.4, -0.2) is 24.9 Å². The van der Waals surface area contributed by atoms with E-state index in [0.717, 1.165) is 22.6 Å². The van der Waals surface area contributed by atoms with Crippen LogP contribution in [0, 0.1) is 0 Å². The number of aliphatic hydroxyl groups excluding tert-OH is 1. The maximum absolute atomic E-state index is 10.3. The van der Waals surface area contributed by atoms with Gasteiger partial charge in [0.05, 0.1) is 13.2 Å². The lowest BCUT2D eigenvalue weighted by molar-refractivity contribution is 0.165. The number of ether oxygens (including phenoxy) is 1. The molecule has 2 N–H and O–H groups in total. The van der Waals surface area contributed by atoms with Gasteiger partial charge in [0.1, 0.15) is 5.75 Å². The molecular formula is C16H17NO2. The molecule has 3 heteroatoms. The van der Waals surface area contributed by atoms with E-state index in [1.807, 2.05) is 36.4 Å². The van der Waals surface area contributed by atoms with E-state index in [0.29, 0.717) is 6.54 Å². The maximum atomic E-state index is 10.3. The van der Waals surface area contributed by atoms with Crippen LogP contribution in [0.5, 0.6) is 5.75 Å². The summed E-state index contributed by atoms with van der Waals surface area (Å²) in [6.07, 6.45) is -0.414. The van der Waals surface area contributed by atoms with Crippen LogP contribution in [0.3, 0.4) is 0 Å². The predicted octanol–water partition coefficient (Wildman–Crippen LogP) is 2.61. The fourth-order valence-electron chi connectivity index (χ4n) is 2.69. The van der Waals surface area contributed by atoms with E-state index in [1.54, 1.807) is 7.11 Å². The molecule has 1 aliphatic heterocycles. The molecule has 0 saturated heterocycles. The average molecular weight is 255 g/mol. The van der Waals surface area contributed by atoms with Crippen molar-refractivity contribution in [1.29, 1.82) is 0 Å². The number of rotatable bonds is 2. The van der Waals surface area contributed by atoms with Gasteiger partial charge in [0, 0.05) is 24.2 Å². The molecule has 0 aliphatic carbocycles. The molecule has 3 nitrogen and oxygen atoms in total. The van der Waals surface area contributed by atoms with Crippen LogP contribution in [-0.2, 0) is 0 Å². The van der Waals surface area contributed by atoms with Crippen LogP contribution < -0.4 is 10.1 Å². The molecule has 0 bridgehead atoms. The van der Waals surface area contributed by atoms with Gasteiger partial charge in [-0.15, -0.1) is 0 Å². The number of β-amino-alcohol motifs (C(OH)–C–C–N with tert-alkyl or cyclic N) is 1. The third kappa shape index (κ3) is 2.17. The molecule has 0 unspecified atom stereocenters. The van der Waals surface area contributed by atoms with Gasteiger partial charge in [-0.2, -0.15) is 0 Å². The fraction of sp³-hybridized carbons (Fsp3) is 0.250. The van der Waals surface area contributed by atoms with E-state index in [9.17, 15) is 5.11 Å². The summed E-state index contributed by atoms with van der Waals surface area (Å²) in [6, 6.07) is 16.1. The van der Waals surface area contributed by atoms with E-state index in [-0.39, 0.29) is 5.92 Å². The van der Waals surface area contributed by atoms with Crippen molar-refractivity contribution >= 4 is 5.69 Å². The van der Waals surface area contributed by atoms with Gasteiger partial charge in [-0.3, -0.25) is 0 Å². The highest BCUT2D eigenvalue weighted by molar-refractivity contribution is 5.61. The summed E-state index contributed by atoms with van der Waals surface area (Å²) >= 11 is 0. The van der Waals surface area contributed by atoms with E-state index in [1.165, 1.54) is 0 Å². The Balaban J connectivity index is 2.07. The van der Waals surface area contributed by atoms with Crippen molar-refractivity contribution in [2.45, 2.75) is 12.0 Å². The van der Waals surface area contributed by atoms with Crippen molar-refractivity contribution in [3.63, 3.8) is 0 Å². The van der Waals surface area contributed by atoms with E-state index in [4.69, 9.17) is 4.74 Å². The van der Waals surface area contributed by atoms with Crippen LogP contribution in [0.15, 0.2) is 48.5 Å². The maximum Gasteiger partial charge on any atom is 0.120 e. The second-order valence-electron chi connectivity index (χ2n) is 4.79. The zero-order valence-corrected chi connectivity index (χ0v) is 10.8. The third-order valence-corrected chi connectivity index (χ3v) is 3.64. The number of hydrogen-bond acceptors (Lipinski definition) is 3. The highest BCUT2D eigenvalue weighted by Crippen LogP contribution is 2.38. The Hall–Kier alpha value is -2.00. The molecule has 0 saturated carbocycles. The van der Waals surface area contributed by atoms with Gasteiger partial charge in [0.2, 0.25) is 0 Å². The number of aliphatic hydroxyl groups is 1. The van der Waals surface area contributed by atoms with Crippen LogP contribution in [0.4, 0.5) is 5.69 Å². The first kappa shape index (κ1) is 12.1. The van der Waals surface area contributed by atoms with Crippen LogP contribution in [0.25, 0.3) is 0 Å². The van der Waals surface area contributed by atoms with Crippen LogP contribution in [0.2, 0.25) is 0 Å². The Morgan fingerprint density at radius 1 is 1.16 bits per heavy atom. The molecule has 2 aromatic carbocycles. The first-order valence-corrected chi connectivity index (χ1v) is 6.44. The predicted molar refractivity (Wildman–Crippen MR) is 75.8 cm³/mol. The Morgan fingerprint density at radius 2 is 1.95 bits per heavy atom. The van der Waals surface area contributed by atoms with Gasteiger partial charge >= 0.3 is 0 Å². The topological polar surface area (TPSA) is 41.5 Å². The summed E-state index contributed by atoms with van der Waals surface area (Å²) in [6.45, 7) is 0.555. The molecule has 2 aromatic rings. The number of benzene rings is 2. The van der Waals surface area contributed by atoms with Gasteiger partial charge in [-0.1, -0.05) is 36.4 Å². The second kappa shape index (κ2) is 4.94. The standard InChI is InChI=1S/C16H17NO2/c1-19-12-7-8-13-14(9-12)17-10-15(18)16(13)11-5-3-2-4-6-11/h2-9,15-18H,10H2,1H3/t15-,16-/m1/s1. The largest absolute Gasteiger partial charge is 0.497 e.